The summed E-state index contributed by atoms with van der Waals surface area (Å²) in [6, 6.07) is 9.67. The second-order valence-corrected chi connectivity index (χ2v) is 7.67. The quantitative estimate of drug-likeness (QED) is 0.745. The Balaban J connectivity index is 1.47. The minimum Gasteiger partial charge on any atom is -0.445 e. The molecule has 0 bridgehead atoms. The third-order valence-corrected chi connectivity index (χ3v) is 5.32. The maximum absolute atomic E-state index is 12.5. The molecular formula is C20H23ClN4O2. The summed E-state index contributed by atoms with van der Waals surface area (Å²) >= 11 is 6.17. The Hall–Kier alpha value is -2.34. The van der Waals surface area contributed by atoms with Crippen LogP contribution in [-0.4, -0.2) is 34.1 Å². The van der Waals surface area contributed by atoms with Crippen LogP contribution in [0.5, 0.6) is 0 Å². The lowest BCUT2D eigenvalue weighted by molar-refractivity contribution is 0.0953. The minimum atomic E-state index is -0.342. The zero-order valence-electron chi connectivity index (χ0n) is 15.4. The first-order valence-corrected chi connectivity index (χ1v) is 9.74. The highest BCUT2D eigenvalue weighted by Crippen LogP contribution is 2.33. The second kappa shape index (κ2) is 7.72. The van der Waals surface area contributed by atoms with Crippen molar-refractivity contribution >= 4 is 23.5 Å². The largest absolute Gasteiger partial charge is 0.445 e. The molecule has 6 nitrogen and oxygen atoms in total. The van der Waals surface area contributed by atoms with Crippen LogP contribution in [0.2, 0.25) is 5.28 Å². The summed E-state index contributed by atoms with van der Waals surface area (Å²) in [5.74, 6) is 1.49. The van der Waals surface area contributed by atoms with Gasteiger partial charge in [-0.25, -0.2) is 14.8 Å². The molecule has 142 valence electrons. The number of nitrogens with zero attached hydrogens (tertiary/aromatic N) is 4. The highest BCUT2D eigenvalue weighted by molar-refractivity contribution is 6.28. The summed E-state index contributed by atoms with van der Waals surface area (Å²) < 4.78 is 5.47. The van der Waals surface area contributed by atoms with E-state index >= 15 is 0 Å². The van der Waals surface area contributed by atoms with Gasteiger partial charge in [-0.05, 0) is 35.9 Å². The lowest BCUT2D eigenvalue weighted by Crippen LogP contribution is -2.35. The molecule has 7 heteroatoms. The number of carbonyl (C=O) groups excluding carboxylic acids is 1. The van der Waals surface area contributed by atoms with Crippen LogP contribution in [0.1, 0.15) is 36.6 Å². The lowest BCUT2D eigenvalue weighted by atomic mass is 10.00. The number of amides is 1. The molecular weight excluding hydrogens is 364 g/mol. The Kier molecular flexibility index (Phi) is 5.16. The van der Waals surface area contributed by atoms with Crippen molar-refractivity contribution in [3.05, 3.63) is 52.4 Å². The van der Waals surface area contributed by atoms with Crippen LogP contribution in [0.3, 0.4) is 0 Å². The Morgan fingerprint density at radius 1 is 1.26 bits per heavy atom. The zero-order valence-corrected chi connectivity index (χ0v) is 16.2. The van der Waals surface area contributed by atoms with E-state index < -0.39 is 0 Å². The molecule has 0 saturated carbocycles. The van der Waals surface area contributed by atoms with E-state index in [9.17, 15) is 4.79 Å². The van der Waals surface area contributed by atoms with E-state index in [0.717, 1.165) is 42.1 Å². The summed E-state index contributed by atoms with van der Waals surface area (Å²) in [6.07, 6.45) is 2.03. The molecule has 2 aliphatic rings. The van der Waals surface area contributed by atoms with Crippen LogP contribution in [0.15, 0.2) is 30.3 Å². The highest BCUT2D eigenvalue weighted by Gasteiger charge is 2.32. The number of hydrogen-bond acceptors (Lipinski definition) is 5. The van der Waals surface area contributed by atoms with Crippen LogP contribution in [0, 0.1) is 5.92 Å². The standard InChI is InChI=1S/C20H23ClN4O2/c1-14-6-5-9-24(10-14)18-16-11-25(12-17(16)22-19(21)23-18)20(26)27-13-15-7-3-2-4-8-15/h2-4,7-8,14H,5-6,9-13H2,1H3. The van der Waals surface area contributed by atoms with Gasteiger partial charge in [0.25, 0.3) is 0 Å². The predicted octanol–water partition coefficient (Wildman–Crippen LogP) is 4.02. The number of aromatic nitrogens is 2. The molecule has 0 aliphatic carbocycles. The molecule has 1 aromatic heterocycles. The molecule has 0 radical (unpaired) electrons. The summed E-state index contributed by atoms with van der Waals surface area (Å²) in [4.78, 5) is 25.3. The first-order valence-electron chi connectivity index (χ1n) is 9.36. The van der Waals surface area contributed by atoms with E-state index in [1.807, 2.05) is 30.3 Å². The van der Waals surface area contributed by atoms with E-state index in [1.54, 1.807) is 4.90 Å². The van der Waals surface area contributed by atoms with Crippen molar-refractivity contribution in [1.82, 2.24) is 14.9 Å². The third-order valence-electron chi connectivity index (χ3n) is 5.15. The van der Waals surface area contributed by atoms with Crippen LogP contribution >= 0.6 is 11.6 Å². The van der Waals surface area contributed by atoms with E-state index in [-0.39, 0.29) is 18.0 Å². The van der Waals surface area contributed by atoms with Gasteiger partial charge in [-0.2, -0.15) is 0 Å². The number of piperidine rings is 1. The van der Waals surface area contributed by atoms with Crippen molar-refractivity contribution in [1.29, 1.82) is 0 Å². The molecule has 4 rings (SSSR count). The predicted molar refractivity (Wildman–Crippen MR) is 104 cm³/mol. The van der Waals surface area contributed by atoms with Gasteiger partial charge in [-0.3, -0.25) is 4.90 Å². The molecule has 1 unspecified atom stereocenters. The van der Waals surface area contributed by atoms with Gasteiger partial charge in [0, 0.05) is 18.7 Å². The van der Waals surface area contributed by atoms with E-state index in [0.29, 0.717) is 19.0 Å². The minimum absolute atomic E-state index is 0.237. The first kappa shape index (κ1) is 18.0. The second-order valence-electron chi connectivity index (χ2n) is 7.33. The summed E-state index contributed by atoms with van der Waals surface area (Å²) in [5.41, 5.74) is 2.78. The van der Waals surface area contributed by atoms with Gasteiger partial charge in [0.15, 0.2) is 0 Å². The summed E-state index contributed by atoms with van der Waals surface area (Å²) in [6.45, 7) is 5.29. The molecule has 2 aliphatic heterocycles. The van der Waals surface area contributed by atoms with Gasteiger partial charge < -0.3 is 9.64 Å². The number of hydrogen-bond donors (Lipinski definition) is 0. The van der Waals surface area contributed by atoms with E-state index in [1.165, 1.54) is 6.42 Å². The van der Waals surface area contributed by atoms with Gasteiger partial charge in [0.05, 0.1) is 18.8 Å². The SMILES string of the molecule is CC1CCCN(c2nc(Cl)nc3c2CN(C(=O)OCc2ccccc2)C3)C1. The smallest absolute Gasteiger partial charge is 0.410 e. The fourth-order valence-electron chi connectivity index (χ4n) is 3.79. The maximum Gasteiger partial charge on any atom is 0.410 e. The number of ether oxygens (including phenoxy) is 1. The molecule has 0 spiro atoms. The van der Waals surface area contributed by atoms with Crippen molar-refractivity contribution in [2.24, 2.45) is 5.92 Å². The first-order chi connectivity index (χ1) is 13.1. The number of halogens is 1. The van der Waals surface area contributed by atoms with Crippen molar-refractivity contribution in [2.75, 3.05) is 18.0 Å². The van der Waals surface area contributed by atoms with Gasteiger partial charge >= 0.3 is 6.09 Å². The summed E-state index contributed by atoms with van der Waals surface area (Å²) in [5, 5.41) is 0.237. The molecule has 27 heavy (non-hydrogen) atoms. The third kappa shape index (κ3) is 4.00. The van der Waals surface area contributed by atoms with Gasteiger partial charge in [-0.1, -0.05) is 37.3 Å². The van der Waals surface area contributed by atoms with Crippen molar-refractivity contribution in [3.63, 3.8) is 0 Å². The number of rotatable bonds is 3. The molecule has 0 N–H and O–H groups in total. The Bertz CT molecular complexity index is 830. The van der Waals surface area contributed by atoms with Crippen LogP contribution in [0.25, 0.3) is 0 Å². The van der Waals surface area contributed by atoms with Gasteiger partial charge in [0.2, 0.25) is 5.28 Å². The molecule has 1 fully saturated rings. The lowest BCUT2D eigenvalue weighted by Gasteiger charge is -2.33. The average molecular weight is 387 g/mol. The normalized spacial score (nSPS) is 19.1. The molecule has 2 aromatic rings. The van der Waals surface area contributed by atoms with Gasteiger partial charge in [-0.15, -0.1) is 0 Å². The molecule has 3 heterocycles. The zero-order chi connectivity index (χ0) is 18.8. The molecule has 1 atom stereocenters. The van der Waals surface area contributed by atoms with Crippen LogP contribution < -0.4 is 4.90 Å². The fourth-order valence-corrected chi connectivity index (χ4v) is 3.97. The Morgan fingerprint density at radius 2 is 2.07 bits per heavy atom. The number of benzene rings is 1. The molecule has 1 saturated heterocycles. The molecule has 1 aromatic carbocycles. The highest BCUT2D eigenvalue weighted by atomic mass is 35.5. The van der Waals surface area contributed by atoms with Crippen LogP contribution in [0.4, 0.5) is 10.6 Å². The maximum atomic E-state index is 12.5. The van der Waals surface area contributed by atoms with Crippen LogP contribution in [-0.2, 0) is 24.4 Å². The average Bonchev–Trinajstić information content (AvgIpc) is 3.10. The van der Waals surface area contributed by atoms with E-state index in [2.05, 4.69) is 21.8 Å². The van der Waals surface area contributed by atoms with Crippen molar-refractivity contribution in [3.8, 4) is 0 Å². The Labute approximate surface area is 164 Å². The topological polar surface area (TPSA) is 58.6 Å². The monoisotopic (exact) mass is 386 g/mol. The number of fused-ring (bicyclic) bond motifs is 1. The number of anilines is 1. The van der Waals surface area contributed by atoms with Crippen molar-refractivity contribution in [2.45, 2.75) is 39.5 Å². The van der Waals surface area contributed by atoms with E-state index in [4.69, 9.17) is 16.3 Å². The van der Waals surface area contributed by atoms with Crippen molar-refractivity contribution < 1.29 is 9.53 Å². The fraction of sp³-hybridized carbons (Fsp3) is 0.450. The van der Waals surface area contributed by atoms with Gasteiger partial charge in [0.1, 0.15) is 12.4 Å². The summed E-state index contributed by atoms with van der Waals surface area (Å²) in [7, 11) is 0. The molecule has 1 amide bonds. The Morgan fingerprint density at radius 3 is 2.85 bits per heavy atom. The number of carbonyl (C=O) groups is 1.